The molecule has 1 atom stereocenters. The molecule has 30 heavy (non-hydrogen) atoms. The van der Waals surface area contributed by atoms with Gasteiger partial charge < -0.3 is 10.1 Å². The molecule has 0 amide bonds. The van der Waals surface area contributed by atoms with Crippen LogP contribution in [0.5, 0.6) is 11.6 Å². The topological polar surface area (TPSA) is 114 Å². The Bertz CT molecular complexity index is 1170. The van der Waals surface area contributed by atoms with Crippen LogP contribution in [0.1, 0.15) is 40.3 Å². The number of hydrogen-bond donors (Lipinski definition) is 1. The van der Waals surface area contributed by atoms with E-state index < -0.39 is 6.04 Å². The Morgan fingerprint density at radius 2 is 2.03 bits per heavy atom. The van der Waals surface area contributed by atoms with Crippen molar-refractivity contribution < 1.29 is 9.66 Å². The van der Waals surface area contributed by atoms with Crippen LogP contribution in [0.2, 0.25) is 0 Å². The maximum Gasteiger partial charge on any atom is 0.239 e. The second-order valence-electron chi connectivity index (χ2n) is 7.19. The van der Waals surface area contributed by atoms with Gasteiger partial charge in [-0.3, -0.25) is 10.1 Å². The van der Waals surface area contributed by atoms with Crippen molar-refractivity contribution in [3.05, 3.63) is 80.5 Å². The quantitative estimate of drug-likeness (QED) is 0.484. The predicted octanol–water partition coefficient (Wildman–Crippen LogP) is 4.77. The lowest BCUT2D eigenvalue weighted by Crippen LogP contribution is -2.09. The predicted molar refractivity (Wildman–Crippen MR) is 111 cm³/mol. The first-order valence-electron chi connectivity index (χ1n) is 9.51. The maximum atomic E-state index is 11.4. The molecule has 1 heterocycles. The fourth-order valence-electron chi connectivity index (χ4n) is 3.86. The van der Waals surface area contributed by atoms with Crippen LogP contribution in [0.25, 0.3) is 0 Å². The van der Waals surface area contributed by atoms with Crippen LogP contribution in [0, 0.1) is 35.3 Å². The average molecular weight is 401 g/mol. The number of nitrogens with zero attached hydrogens (tertiary/aromatic N) is 4. The van der Waals surface area contributed by atoms with Crippen LogP contribution >= 0.6 is 0 Å². The molecule has 0 saturated carbocycles. The monoisotopic (exact) mass is 401 g/mol. The van der Waals surface area contributed by atoms with E-state index in [1.165, 1.54) is 0 Å². The minimum Gasteiger partial charge on any atom is -0.438 e. The first-order chi connectivity index (χ1) is 14.5. The van der Waals surface area contributed by atoms with E-state index in [0.717, 1.165) is 27.9 Å². The van der Waals surface area contributed by atoms with Gasteiger partial charge in [-0.2, -0.15) is 10.2 Å². The van der Waals surface area contributed by atoms with Gasteiger partial charge in [-0.25, -0.2) is 4.98 Å². The van der Waals surface area contributed by atoms with Crippen LogP contribution in [-0.4, -0.2) is 14.9 Å². The van der Waals surface area contributed by atoms with Crippen molar-refractivity contribution in [3.63, 3.8) is 0 Å². The van der Waals surface area contributed by atoms with Gasteiger partial charge in [0.2, 0.25) is 17.9 Å². The number of aryl methyl sites for hydroxylation is 2. The molecule has 2 aromatic carbocycles. The van der Waals surface area contributed by atoms with Gasteiger partial charge >= 0.3 is 0 Å². The van der Waals surface area contributed by atoms with Crippen molar-refractivity contribution >= 4 is 11.6 Å². The molecule has 4 rings (SSSR count). The third-order valence-corrected chi connectivity index (χ3v) is 5.22. The van der Waals surface area contributed by atoms with Crippen LogP contribution in [0.3, 0.4) is 0 Å². The summed E-state index contributed by atoms with van der Waals surface area (Å²) < 4.78 is 6.05. The number of nitriles is 1. The van der Waals surface area contributed by atoms with Gasteiger partial charge in [0.1, 0.15) is 5.75 Å². The largest absolute Gasteiger partial charge is 0.438 e. The average Bonchev–Trinajstić information content (AvgIpc) is 3.16. The van der Waals surface area contributed by atoms with Crippen molar-refractivity contribution in [3.8, 4) is 17.7 Å². The molecule has 1 N–H and O–H groups in total. The Morgan fingerprint density at radius 3 is 2.73 bits per heavy atom. The molecule has 1 aliphatic rings. The molecule has 0 radical (unpaired) electrons. The number of hydrogen-bond acceptors (Lipinski definition) is 7. The van der Waals surface area contributed by atoms with Gasteiger partial charge in [0.25, 0.3) is 0 Å². The van der Waals surface area contributed by atoms with Gasteiger partial charge in [-0.1, -0.05) is 6.07 Å². The Balaban J connectivity index is 1.61. The summed E-state index contributed by atoms with van der Waals surface area (Å²) in [5, 5.41) is 23.4. The van der Waals surface area contributed by atoms with Crippen molar-refractivity contribution in [1.82, 2.24) is 9.97 Å². The van der Waals surface area contributed by atoms with Crippen LogP contribution in [-0.2, 0) is 6.42 Å². The Morgan fingerprint density at radius 1 is 1.27 bits per heavy atom. The SMILES string of the molecule is Cc1cc2c(c(C)c1Oc1ccnc(Nc3ccc(C#N)cc3)n1)C([N+](=O)[O-])CC2. The Kier molecular flexibility index (Phi) is 5.02. The van der Waals surface area contributed by atoms with E-state index in [4.69, 9.17) is 10.00 Å². The molecule has 8 heteroatoms. The molecule has 0 saturated heterocycles. The smallest absolute Gasteiger partial charge is 0.239 e. The lowest BCUT2D eigenvalue weighted by atomic mass is 9.98. The zero-order chi connectivity index (χ0) is 21.3. The molecule has 0 bridgehead atoms. The van der Waals surface area contributed by atoms with Gasteiger partial charge in [-0.15, -0.1) is 0 Å². The summed E-state index contributed by atoms with van der Waals surface area (Å²) >= 11 is 0. The number of aromatic nitrogens is 2. The molecule has 1 unspecified atom stereocenters. The summed E-state index contributed by atoms with van der Waals surface area (Å²) in [5.41, 5.74) is 4.77. The number of nitrogens with one attached hydrogen (secondary N) is 1. The zero-order valence-electron chi connectivity index (χ0n) is 16.5. The second kappa shape index (κ2) is 7.79. The highest BCUT2D eigenvalue weighted by atomic mass is 16.6. The van der Waals surface area contributed by atoms with Gasteiger partial charge in [0, 0.05) is 40.4 Å². The van der Waals surface area contributed by atoms with E-state index in [-0.39, 0.29) is 4.92 Å². The first-order valence-corrected chi connectivity index (χ1v) is 9.51. The number of nitro groups is 1. The van der Waals surface area contributed by atoms with Gasteiger partial charge in [0.15, 0.2) is 0 Å². The summed E-state index contributed by atoms with van der Waals surface area (Å²) in [5.74, 6) is 1.27. The molecule has 3 aromatic rings. The minimum absolute atomic E-state index is 0.220. The summed E-state index contributed by atoms with van der Waals surface area (Å²) in [6.45, 7) is 3.79. The third kappa shape index (κ3) is 3.65. The summed E-state index contributed by atoms with van der Waals surface area (Å²) in [6.07, 6.45) is 2.79. The van der Waals surface area contributed by atoms with Crippen LogP contribution < -0.4 is 10.1 Å². The molecular formula is C22H19N5O3. The molecular weight excluding hydrogens is 382 g/mol. The molecule has 150 valence electrons. The van der Waals surface area contributed by atoms with Gasteiger partial charge in [-0.05, 0) is 55.7 Å². The molecule has 0 aliphatic heterocycles. The molecule has 0 fully saturated rings. The normalized spacial score (nSPS) is 14.6. The minimum atomic E-state index is -0.693. The van der Waals surface area contributed by atoms with Crippen LogP contribution in [0.15, 0.2) is 42.6 Å². The fraction of sp³-hybridized carbons (Fsp3) is 0.227. The van der Waals surface area contributed by atoms with E-state index >= 15 is 0 Å². The number of benzene rings is 2. The Hall–Kier alpha value is -3.99. The lowest BCUT2D eigenvalue weighted by Gasteiger charge is -2.16. The van der Waals surface area contributed by atoms with Crippen molar-refractivity contribution in [2.75, 3.05) is 5.32 Å². The van der Waals surface area contributed by atoms with E-state index in [1.807, 2.05) is 19.9 Å². The van der Waals surface area contributed by atoms with E-state index in [1.54, 1.807) is 36.5 Å². The van der Waals surface area contributed by atoms with E-state index in [9.17, 15) is 10.1 Å². The summed E-state index contributed by atoms with van der Waals surface area (Å²) in [7, 11) is 0. The Labute approximate surface area is 173 Å². The molecule has 8 nitrogen and oxygen atoms in total. The maximum absolute atomic E-state index is 11.4. The standard InChI is InChI=1S/C22H19N5O3/c1-13-11-16-5-8-18(27(28)29)20(16)14(2)21(13)30-19-9-10-24-22(26-19)25-17-6-3-15(12-23)4-7-17/h3-4,6-7,9-11,18H,5,8H2,1-2H3,(H,24,25,26). The number of fused-ring (bicyclic) bond motifs is 1. The van der Waals surface area contributed by atoms with E-state index in [2.05, 4.69) is 21.4 Å². The fourth-order valence-corrected chi connectivity index (χ4v) is 3.86. The van der Waals surface area contributed by atoms with Crippen LogP contribution in [0.4, 0.5) is 11.6 Å². The third-order valence-electron chi connectivity index (χ3n) is 5.22. The molecule has 1 aliphatic carbocycles. The van der Waals surface area contributed by atoms with E-state index in [0.29, 0.717) is 36.0 Å². The highest BCUT2D eigenvalue weighted by molar-refractivity contribution is 5.56. The summed E-state index contributed by atoms with van der Waals surface area (Å²) in [4.78, 5) is 19.8. The first kappa shape index (κ1) is 19.3. The molecule has 1 aromatic heterocycles. The van der Waals surface area contributed by atoms with Crippen molar-refractivity contribution in [1.29, 1.82) is 5.26 Å². The number of anilines is 2. The molecule has 0 spiro atoms. The van der Waals surface area contributed by atoms with Crippen molar-refractivity contribution in [2.24, 2.45) is 0 Å². The number of rotatable bonds is 5. The number of ether oxygens (including phenoxy) is 1. The zero-order valence-corrected chi connectivity index (χ0v) is 16.5. The second-order valence-corrected chi connectivity index (χ2v) is 7.19. The summed E-state index contributed by atoms with van der Waals surface area (Å²) in [6, 6.07) is 11.9. The van der Waals surface area contributed by atoms with Crippen molar-refractivity contribution in [2.45, 2.75) is 32.7 Å². The lowest BCUT2D eigenvalue weighted by molar-refractivity contribution is -0.528. The van der Waals surface area contributed by atoms with Gasteiger partial charge in [0.05, 0.1) is 11.6 Å². The highest BCUT2D eigenvalue weighted by Crippen LogP contribution is 2.42. The highest BCUT2D eigenvalue weighted by Gasteiger charge is 2.35.